The molecule has 2 N–H and O–H groups in total. The van der Waals surface area contributed by atoms with Crippen LogP contribution in [0, 0.1) is 5.92 Å². The van der Waals surface area contributed by atoms with Crippen molar-refractivity contribution < 1.29 is 4.79 Å². The maximum Gasteiger partial charge on any atom is 0.228 e. The molecule has 1 fully saturated rings. The van der Waals surface area contributed by atoms with E-state index in [9.17, 15) is 4.79 Å². The zero-order valence-corrected chi connectivity index (χ0v) is 10.5. The second-order valence-corrected chi connectivity index (χ2v) is 4.80. The summed E-state index contributed by atoms with van der Waals surface area (Å²) in [6.45, 7) is 2.06. The molecule has 0 atom stereocenters. The quantitative estimate of drug-likeness (QED) is 0.791. The topological polar surface area (TPSA) is 57.8 Å². The Morgan fingerprint density at radius 3 is 2.76 bits per heavy atom. The van der Waals surface area contributed by atoms with Crippen molar-refractivity contribution in [2.75, 3.05) is 5.32 Å². The molecule has 0 aliphatic heterocycles. The number of rotatable bonds is 3. The van der Waals surface area contributed by atoms with E-state index in [1.54, 1.807) is 6.20 Å². The highest BCUT2D eigenvalue weighted by atomic mass is 16.1. The first-order valence-electron chi connectivity index (χ1n) is 6.64. The molecule has 4 heteroatoms. The van der Waals surface area contributed by atoms with Crippen LogP contribution in [-0.4, -0.2) is 16.1 Å². The van der Waals surface area contributed by atoms with Crippen LogP contribution in [0.5, 0.6) is 0 Å². The van der Waals surface area contributed by atoms with E-state index in [1.807, 2.05) is 0 Å². The van der Waals surface area contributed by atoms with E-state index in [-0.39, 0.29) is 11.8 Å². The Morgan fingerprint density at radius 2 is 2.12 bits per heavy atom. The second-order valence-electron chi connectivity index (χ2n) is 4.80. The van der Waals surface area contributed by atoms with Crippen molar-refractivity contribution >= 4 is 11.7 Å². The molecule has 0 bridgehead atoms. The lowest BCUT2D eigenvalue weighted by atomic mass is 9.99. The number of hydrogen-bond donors (Lipinski definition) is 2. The van der Waals surface area contributed by atoms with Gasteiger partial charge in [-0.25, -0.2) is 0 Å². The van der Waals surface area contributed by atoms with Crippen molar-refractivity contribution in [3.05, 3.63) is 11.8 Å². The van der Waals surface area contributed by atoms with Gasteiger partial charge in [0.15, 0.2) is 0 Å². The molecule has 0 saturated heterocycles. The Labute approximate surface area is 102 Å². The summed E-state index contributed by atoms with van der Waals surface area (Å²) in [6, 6.07) is 0. The third-order valence-corrected chi connectivity index (χ3v) is 3.57. The number of nitrogens with zero attached hydrogens (tertiary/aromatic N) is 1. The van der Waals surface area contributed by atoms with Gasteiger partial charge in [-0.3, -0.25) is 9.89 Å². The first kappa shape index (κ1) is 12.1. The van der Waals surface area contributed by atoms with Gasteiger partial charge in [-0.15, -0.1) is 0 Å². The molecular formula is C13H21N3O. The van der Waals surface area contributed by atoms with E-state index >= 15 is 0 Å². The zero-order valence-electron chi connectivity index (χ0n) is 10.5. The van der Waals surface area contributed by atoms with Crippen LogP contribution in [-0.2, 0) is 11.2 Å². The van der Waals surface area contributed by atoms with Crippen LogP contribution in [0.2, 0.25) is 0 Å². The summed E-state index contributed by atoms with van der Waals surface area (Å²) in [6.07, 6.45) is 9.63. The lowest BCUT2D eigenvalue weighted by Crippen LogP contribution is -2.23. The van der Waals surface area contributed by atoms with Gasteiger partial charge in [0.2, 0.25) is 5.91 Å². The second kappa shape index (κ2) is 5.84. The fourth-order valence-corrected chi connectivity index (χ4v) is 2.45. The number of anilines is 1. The van der Waals surface area contributed by atoms with Gasteiger partial charge in [0.1, 0.15) is 5.82 Å². The summed E-state index contributed by atoms with van der Waals surface area (Å²) in [4.78, 5) is 12.1. The molecule has 17 heavy (non-hydrogen) atoms. The van der Waals surface area contributed by atoms with Crippen molar-refractivity contribution in [1.29, 1.82) is 0 Å². The lowest BCUT2D eigenvalue weighted by Gasteiger charge is -2.13. The average Bonchev–Trinajstić information content (AvgIpc) is 2.62. The van der Waals surface area contributed by atoms with Crippen molar-refractivity contribution in [2.24, 2.45) is 5.92 Å². The van der Waals surface area contributed by atoms with Gasteiger partial charge in [0, 0.05) is 11.5 Å². The monoisotopic (exact) mass is 235 g/mol. The van der Waals surface area contributed by atoms with Crippen molar-refractivity contribution in [3.63, 3.8) is 0 Å². The van der Waals surface area contributed by atoms with Crippen molar-refractivity contribution in [1.82, 2.24) is 10.2 Å². The van der Waals surface area contributed by atoms with E-state index in [0.29, 0.717) is 0 Å². The first-order chi connectivity index (χ1) is 8.31. The third-order valence-electron chi connectivity index (χ3n) is 3.57. The summed E-state index contributed by atoms with van der Waals surface area (Å²) >= 11 is 0. The molecule has 0 unspecified atom stereocenters. The van der Waals surface area contributed by atoms with Crippen molar-refractivity contribution in [3.8, 4) is 0 Å². The number of H-pyrrole nitrogens is 1. The van der Waals surface area contributed by atoms with Gasteiger partial charge in [-0.1, -0.05) is 32.6 Å². The van der Waals surface area contributed by atoms with E-state index in [4.69, 9.17) is 0 Å². The Bertz CT molecular complexity index is 364. The number of carbonyl (C=O) groups excluding carboxylic acids is 1. The van der Waals surface area contributed by atoms with E-state index in [2.05, 4.69) is 22.4 Å². The minimum atomic E-state index is 0.158. The Hall–Kier alpha value is -1.32. The molecule has 1 saturated carbocycles. The SMILES string of the molecule is CCc1cn[nH]c1NC(=O)C1CCCCCC1. The molecule has 1 heterocycles. The molecule has 4 nitrogen and oxygen atoms in total. The fourth-order valence-electron chi connectivity index (χ4n) is 2.45. The van der Waals surface area contributed by atoms with Crippen LogP contribution in [0.4, 0.5) is 5.82 Å². The normalized spacial score (nSPS) is 17.7. The van der Waals surface area contributed by atoms with E-state index in [1.165, 1.54) is 25.7 Å². The number of nitrogens with one attached hydrogen (secondary N) is 2. The highest BCUT2D eigenvalue weighted by Gasteiger charge is 2.21. The summed E-state index contributed by atoms with van der Waals surface area (Å²) in [5.41, 5.74) is 1.08. The van der Waals surface area contributed by atoms with Gasteiger partial charge < -0.3 is 5.32 Å². The Balaban J connectivity index is 1.95. The largest absolute Gasteiger partial charge is 0.311 e. The maximum atomic E-state index is 12.1. The highest BCUT2D eigenvalue weighted by molar-refractivity contribution is 5.92. The van der Waals surface area contributed by atoms with Crippen molar-refractivity contribution in [2.45, 2.75) is 51.9 Å². The molecular weight excluding hydrogens is 214 g/mol. The van der Waals surface area contributed by atoms with Crippen LogP contribution in [0.25, 0.3) is 0 Å². The Morgan fingerprint density at radius 1 is 1.41 bits per heavy atom. The molecule has 1 aromatic rings. The van der Waals surface area contributed by atoms with Gasteiger partial charge >= 0.3 is 0 Å². The summed E-state index contributed by atoms with van der Waals surface area (Å²) in [5.74, 6) is 1.12. The molecule has 1 aliphatic rings. The molecule has 0 aromatic carbocycles. The molecule has 1 amide bonds. The Kier molecular flexibility index (Phi) is 4.18. The minimum absolute atomic E-state index is 0.158. The predicted octanol–water partition coefficient (Wildman–Crippen LogP) is 2.88. The maximum absolute atomic E-state index is 12.1. The molecule has 0 spiro atoms. The number of carbonyl (C=O) groups is 1. The molecule has 0 radical (unpaired) electrons. The standard InChI is InChI=1S/C13H21N3O/c1-2-10-9-14-16-12(10)15-13(17)11-7-5-3-4-6-8-11/h9,11H,2-8H2,1H3,(H2,14,15,16,17). The van der Waals surface area contributed by atoms with Gasteiger partial charge in [0.05, 0.1) is 6.20 Å². The summed E-state index contributed by atoms with van der Waals surface area (Å²) in [5, 5.41) is 9.81. The average molecular weight is 235 g/mol. The molecule has 1 aliphatic carbocycles. The molecule has 94 valence electrons. The minimum Gasteiger partial charge on any atom is -0.311 e. The van der Waals surface area contributed by atoms with Crippen LogP contribution in [0.15, 0.2) is 6.20 Å². The third kappa shape index (κ3) is 3.08. The van der Waals surface area contributed by atoms with Crippen LogP contribution in [0.1, 0.15) is 51.0 Å². The summed E-state index contributed by atoms with van der Waals surface area (Å²) in [7, 11) is 0. The van der Waals surface area contributed by atoms with Gasteiger partial charge in [-0.05, 0) is 19.3 Å². The number of aryl methyl sites for hydroxylation is 1. The first-order valence-corrected chi connectivity index (χ1v) is 6.64. The van der Waals surface area contributed by atoms with Gasteiger partial charge in [-0.2, -0.15) is 5.10 Å². The summed E-state index contributed by atoms with van der Waals surface area (Å²) < 4.78 is 0. The van der Waals surface area contributed by atoms with Crippen LogP contribution in [0.3, 0.4) is 0 Å². The highest BCUT2D eigenvalue weighted by Crippen LogP contribution is 2.24. The molecule has 1 aromatic heterocycles. The number of hydrogen-bond acceptors (Lipinski definition) is 2. The lowest BCUT2D eigenvalue weighted by molar-refractivity contribution is -0.120. The fraction of sp³-hybridized carbons (Fsp3) is 0.692. The number of aromatic amines is 1. The van der Waals surface area contributed by atoms with Gasteiger partial charge in [0.25, 0.3) is 0 Å². The van der Waals surface area contributed by atoms with Crippen LogP contribution < -0.4 is 5.32 Å². The number of amides is 1. The smallest absolute Gasteiger partial charge is 0.228 e. The molecule has 2 rings (SSSR count). The van der Waals surface area contributed by atoms with E-state index < -0.39 is 0 Å². The van der Waals surface area contributed by atoms with E-state index in [0.717, 1.165) is 30.6 Å². The predicted molar refractivity (Wildman–Crippen MR) is 67.8 cm³/mol. The number of aromatic nitrogens is 2. The zero-order chi connectivity index (χ0) is 12.1. The van der Waals surface area contributed by atoms with Crippen LogP contribution >= 0.6 is 0 Å².